The van der Waals surface area contributed by atoms with Crippen LogP contribution in [-0.4, -0.2) is 14.5 Å². The molecule has 3 aromatic rings. The smallest absolute Gasteiger partial charge is 0.145 e. The Kier molecular flexibility index (Phi) is 1.86. The second-order valence-electron chi connectivity index (χ2n) is 3.56. The summed E-state index contributed by atoms with van der Waals surface area (Å²) in [5, 5.41) is 1.02. The third kappa shape index (κ3) is 1.32. The van der Waals surface area contributed by atoms with Crippen LogP contribution in [0.15, 0.2) is 48.9 Å². The molecule has 0 spiro atoms. The van der Waals surface area contributed by atoms with Gasteiger partial charge in [0.1, 0.15) is 11.5 Å². The molecule has 78 valence electrons. The molecule has 0 fully saturated rings. The molecule has 4 heteroatoms. The van der Waals surface area contributed by atoms with Gasteiger partial charge in [0.05, 0.1) is 11.9 Å². The molecule has 3 aromatic heterocycles. The molecule has 0 atom stereocenters. The number of pyridine rings is 2. The summed E-state index contributed by atoms with van der Waals surface area (Å²) >= 11 is 0. The summed E-state index contributed by atoms with van der Waals surface area (Å²) in [6, 6.07) is 9.67. The van der Waals surface area contributed by atoms with E-state index in [9.17, 15) is 0 Å². The maximum absolute atomic E-state index is 5.68. The number of aromatic nitrogens is 3. The Bertz CT molecular complexity index is 628. The van der Waals surface area contributed by atoms with Crippen molar-refractivity contribution in [3.8, 4) is 5.82 Å². The quantitative estimate of drug-likeness (QED) is 0.668. The van der Waals surface area contributed by atoms with Crippen LogP contribution in [0.4, 0.5) is 5.69 Å². The van der Waals surface area contributed by atoms with E-state index in [1.807, 2.05) is 41.1 Å². The van der Waals surface area contributed by atoms with Gasteiger partial charge in [-0.1, -0.05) is 6.07 Å². The highest BCUT2D eigenvalue weighted by molar-refractivity contribution is 5.80. The normalized spacial score (nSPS) is 10.8. The van der Waals surface area contributed by atoms with E-state index in [4.69, 9.17) is 5.73 Å². The summed E-state index contributed by atoms with van der Waals surface area (Å²) in [4.78, 5) is 8.60. The lowest BCUT2D eigenvalue weighted by molar-refractivity contribution is 1.02. The SMILES string of the molecule is Nc1cnc2c(ccn2-c2ccccn2)c1. The molecule has 0 bridgehead atoms. The Morgan fingerprint density at radius 1 is 1.12 bits per heavy atom. The van der Waals surface area contributed by atoms with Gasteiger partial charge in [0.2, 0.25) is 0 Å². The number of nitrogens with two attached hydrogens (primary N) is 1. The molecule has 0 aromatic carbocycles. The number of nitrogen functional groups attached to an aromatic ring is 1. The fraction of sp³-hybridized carbons (Fsp3) is 0. The first-order valence-electron chi connectivity index (χ1n) is 4.98. The van der Waals surface area contributed by atoms with Crippen LogP contribution in [0, 0.1) is 0 Å². The lowest BCUT2D eigenvalue weighted by Gasteiger charge is -2.02. The van der Waals surface area contributed by atoms with E-state index in [-0.39, 0.29) is 0 Å². The van der Waals surface area contributed by atoms with Crippen molar-refractivity contribution >= 4 is 16.7 Å². The molecule has 16 heavy (non-hydrogen) atoms. The highest BCUT2D eigenvalue weighted by Crippen LogP contribution is 2.18. The molecule has 4 nitrogen and oxygen atoms in total. The first-order chi connectivity index (χ1) is 7.84. The molecular weight excluding hydrogens is 200 g/mol. The molecule has 0 aliphatic rings. The van der Waals surface area contributed by atoms with Crippen molar-refractivity contribution in [3.63, 3.8) is 0 Å². The van der Waals surface area contributed by atoms with Crippen LogP contribution in [-0.2, 0) is 0 Å². The average molecular weight is 210 g/mol. The van der Waals surface area contributed by atoms with Gasteiger partial charge in [-0.3, -0.25) is 4.57 Å². The molecule has 3 rings (SSSR count). The third-order valence-corrected chi connectivity index (χ3v) is 2.44. The average Bonchev–Trinajstić information content (AvgIpc) is 2.73. The Morgan fingerprint density at radius 2 is 2.06 bits per heavy atom. The predicted molar refractivity (Wildman–Crippen MR) is 63.3 cm³/mol. The molecule has 3 heterocycles. The number of fused-ring (bicyclic) bond motifs is 1. The van der Waals surface area contributed by atoms with E-state index in [0.717, 1.165) is 16.9 Å². The van der Waals surface area contributed by atoms with Crippen molar-refractivity contribution in [1.82, 2.24) is 14.5 Å². The number of rotatable bonds is 1. The first-order valence-corrected chi connectivity index (χ1v) is 4.98. The molecule has 0 unspecified atom stereocenters. The summed E-state index contributed by atoms with van der Waals surface area (Å²) in [6.45, 7) is 0. The van der Waals surface area contributed by atoms with Gasteiger partial charge in [-0.25, -0.2) is 9.97 Å². The van der Waals surface area contributed by atoms with Crippen molar-refractivity contribution in [2.45, 2.75) is 0 Å². The molecule has 0 aliphatic heterocycles. The number of nitrogens with zero attached hydrogens (tertiary/aromatic N) is 3. The zero-order valence-electron chi connectivity index (χ0n) is 8.54. The van der Waals surface area contributed by atoms with E-state index in [2.05, 4.69) is 9.97 Å². The summed E-state index contributed by atoms with van der Waals surface area (Å²) < 4.78 is 1.94. The van der Waals surface area contributed by atoms with Crippen molar-refractivity contribution in [2.24, 2.45) is 0 Å². The number of hydrogen-bond donors (Lipinski definition) is 1. The summed E-state index contributed by atoms with van der Waals surface area (Å²) in [5.74, 6) is 0.856. The largest absolute Gasteiger partial charge is 0.397 e. The molecule has 0 saturated heterocycles. The minimum atomic E-state index is 0.672. The topological polar surface area (TPSA) is 56.7 Å². The molecule has 0 radical (unpaired) electrons. The van der Waals surface area contributed by atoms with Crippen molar-refractivity contribution in [1.29, 1.82) is 0 Å². The van der Waals surface area contributed by atoms with Gasteiger partial charge in [0.25, 0.3) is 0 Å². The molecule has 0 saturated carbocycles. The second kappa shape index (κ2) is 3.34. The van der Waals surface area contributed by atoms with Gasteiger partial charge < -0.3 is 5.73 Å². The highest BCUT2D eigenvalue weighted by Gasteiger charge is 2.04. The zero-order chi connectivity index (χ0) is 11.0. The number of anilines is 1. The molecular formula is C12H10N4. The summed E-state index contributed by atoms with van der Waals surface area (Å²) in [7, 11) is 0. The van der Waals surface area contributed by atoms with E-state index in [1.54, 1.807) is 12.4 Å². The fourth-order valence-corrected chi connectivity index (χ4v) is 1.72. The van der Waals surface area contributed by atoms with Crippen molar-refractivity contribution < 1.29 is 0 Å². The van der Waals surface area contributed by atoms with Crippen LogP contribution < -0.4 is 5.73 Å². The van der Waals surface area contributed by atoms with Gasteiger partial charge in [-0.15, -0.1) is 0 Å². The standard InChI is InChI=1S/C12H10N4/c13-10-7-9-4-6-16(12(9)15-8-10)11-3-1-2-5-14-11/h1-8H,13H2. The minimum absolute atomic E-state index is 0.672. The van der Waals surface area contributed by atoms with Crippen LogP contribution in [0.5, 0.6) is 0 Å². The van der Waals surface area contributed by atoms with Gasteiger partial charge in [0, 0.05) is 17.8 Å². The van der Waals surface area contributed by atoms with Crippen LogP contribution in [0.25, 0.3) is 16.9 Å². The van der Waals surface area contributed by atoms with Crippen LogP contribution in [0.1, 0.15) is 0 Å². The predicted octanol–water partition coefficient (Wildman–Crippen LogP) is 2.00. The van der Waals surface area contributed by atoms with E-state index >= 15 is 0 Å². The summed E-state index contributed by atoms with van der Waals surface area (Å²) in [5.41, 5.74) is 7.23. The number of hydrogen-bond acceptors (Lipinski definition) is 3. The fourth-order valence-electron chi connectivity index (χ4n) is 1.72. The second-order valence-corrected chi connectivity index (χ2v) is 3.56. The maximum Gasteiger partial charge on any atom is 0.145 e. The highest BCUT2D eigenvalue weighted by atomic mass is 15.1. The molecule has 0 amide bonds. The maximum atomic E-state index is 5.68. The van der Waals surface area contributed by atoms with E-state index < -0.39 is 0 Å². The Labute approximate surface area is 92.4 Å². The Hall–Kier alpha value is -2.36. The minimum Gasteiger partial charge on any atom is -0.397 e. The van der Waals surface area contributed by atoms with Gasteiger partial charge >= 0.3 is 0 Å². The van der Waals surface area contributed by atoms with E-state index in [1.165, 1.54) is 0 Å². The lowest BCUT2D eigenvalue weighted by Crippen LogP contribution is -1.96. The van der Waals surface area contributed by atoms with Crippen LogP contribution >= 0.6 is 0 Å². The molecule has 0 aliphatic carbocycles. The van der Waals surface area contributed by atoms with Crippen molar-refractivity contribution in [2.75, 3.05) is 5.73 Å². The lowest BCUT2D eigenvalue weighted by atomic mass is 10.3. The van der Waals surface area contributed by atoms with Gasteiger partial charge in [-0.2, -0.15) is 0 Å². The van der Waals surface area contributed by atoms with Crippen molar-refractivity contribution in [3.05, 3.63) is 48.9 Å². The Balaban J connectivity index is 2.26. The van der Waals surface area contributed by atoms with E-state index in [0.29, 0.717) is 5.69 Å². The summed E-state index contributed by atoms with van der Waals surface area (Å²) in [6.07, 6.45) is 5.36. The third-order valence-electron chi connectivity index (χ3n) is 2.44. The zero-order valence-corrected chi connectivity index (χ0v) is 8.54. The first kappa shape index (κ1) is 8.91. The molecule has 2 N–H and O–H groups in total. The van der Waals surface area contributed by atoms with Gasteiger partial charge in [-0.05, 0) is 24.3 Å². The monoisotopic (exact) mass is 210 g/mol. The Morgan fingerprint density at radius 3 is 2.88 bits per heavy atom. The van der Waals surface area contributed by atoms with Crippen LogP contribution in [0.2, 0.25) is 0 Å². The van der Waals surface area contributed by atoms with Crippen LogP contribution in [0.3, 0.4) is 0 Å². The van der Waals surface area contributed by atoms with Gasteiger partial charge in [0.15, 0.2) is 0 Å².